The first-order valence-corrected chi connectivity index (χ1v) is 4.54. The Kier molecular flexibility index (Phi) is 2.10. The van der Waals surface area contributed by atoms with Gasteiger partial charge in [0.15, 0.2) is 5.79 Å². The van der Waals surface area contributed by atoms with E-state index in [0.717, 1.165) is 0 Å². The average Bonchev–Trinajstić information content (AvgIpc) is 2.48. The molecule has 13 heavy (non-hydrogen) atoms. The summed E-state index contributed by atoms with van der Waals surface area (Å²) in [6.07, 6.45) is 0.0937. The molecule has 0 unspecified atom stereocenters. The van der Waals surface area contributed by atoms with Crippen molar-refractivity contribution in [3.8, 4) is 0 Å². The second kappa shape index (κ2) is 3.13. The SMILES string of the molecule is CC1(C)OC[C@@H](c2ccccc2)O1. The molecule has 2 heteroatoms. The van der Waals surface area contributed by atoms with E-state index >= 15 is 0 Å². The minimum absolute atomic E-state index is 0.0937. The van der Waals surface area contributed by atoms with E-state index in [9.17, 15) is 0 Å². The van der Waals surface area contributed by atoms with Crippen LogP contribution in [0.5, 0.6) is 0 Å². The molecule has 1 aliphatic rings. The third kappa shape index (κ3) is 1.90. The summed E-state index contributed by atoms with van der Waals surface area (Å²) in [5, 5.41) is 0. The zero-order valence-electron chi connectivity index (χ0n) is 7.99. The fourth-order valence-electron chi connectivity index (χ4n) is 1.52. The molecule has 1 aliphatic heterocycles. The molecule has 70 valence electrons. The van der Waals surface area contributed by atoms with Crippen molar-refractivity contribution < 1.29 is 9.47 Å². The summed E-state index contributed by atoms with van der Waals surface area (Å²) in [4.78, 5) is 0. The van der Waals surface area contributed by atoms with Crippen LogP contribution in [0.1, 0.15) is 25.5 Å². The van der Waals surface area contributed by atoms with Crippen LogP contribution in [0.3, 0.4) is 0 Å². The van der Waals surface area contributed by atoms with E-state index in [0.29, 0.717) is 6.61 Å². The Morgan fingerprint density at radius 2 is 1.92 bits per heavy atom. The molecule has 0 bridgehead atoms. The fourth-order valence-corrected chi connectivity index (χ4v) is 1.52. The van der Waals surface area contributed by atoms with Gasteiger partial charge in [-0.15, -0.1) is 0 Å². The molecule has 0 N–H and O–H groups in total. The average molecular weight is 178 g/mol. The van der Waals surface area contributed by atoms with Crippen LogP contribution in [0.25, 0.3) is 0 Å². The van der Waals surface area contributed by atoms with Crippen molar-refractivity contribution in [3.05, 3.63) is 35.9 Å². The summed E-state index contributed by atoms with van der Waals surface area (Å²) in [5.74, 6) is -0.430. The standard InChI is InChI=1S/C11H14O2/c1-11(2)12-8-10(13-11)9-6-4-3-5-7-9/h3-7,10H,8H2,1-2H3/t10-/m0/s1. The predicted molar refractivity (Wildman–Crippen MR) is 50.3 cm³/mol. The van der Waals surface area contributed by atoms with Crippen LogP contribution in [-0.2, 0) is 9.47 Å². The highest BCUT2D eigenvalue weighted by Crippen LogP contribution is 2.32. The van der Waals surface area contributed by atoms with Gasteiger partial charge in [0.2, 0.25) is 0 Å². The highest BCUT2D eigenvalue weighted by molar-refractivity contribution is 5.18. The van der Waals surface area contributed by atoms with E-state index < -0.39 is 5.79 Å². The summed E-state index contributed by atoms with van der Waals surface area (Å²) in [5.41, 5.74) is 1.19. The molecule has 1 atom stereocenters. The van der Waals surface area contributed by atoms with Crippen molar-refractivity contribution in [2.24, 2.45) is 0 Å². The third-order valence-corrected chi connectivity index (χ3v) is 2.18. The first-order valence-electron chi connectivity index (χ1n) is 4.54. The quantitative estimate of drug-likeness (QED) is 0.657. The Morgan fingerprint density at radius 3 is 2.46 bits per heavy atom. The highest BCUT2D eigenvalue weighted by atomic mass is 16.7. The summed E-state index contributed by atoms with van der Waals surface area (Å²) in [6.45, 7) is 4.53. The maximum absolute atomic E-state index is 5.71. The molecule has 0 amide bonds. The molecule has 2 rings (SSSR count). The molecule has 0 aromatic heterocycles. The summed E-state index contributed by atoms with van der Waals surface area (Å²) in [6, 6.07) is 10.2. The van der Waals surface area contributed by atoms with E-state index in [4.69, 9.17) is 9.47 Å². The lowest BCUT2D eigenvalue weighted by molar-refractivity contribution is -0.139. The highest BCUT2D eigenvalue weighted by Gasteiger charge is 2.33. The Labute approximate surface area is 78.5 Å². The number of benzene rings is 1. The van der Waals surface area contributed by atoms with Crippen LogP contribution < -0.4 is 0 Å². The summed E-state index contributed by atoms with van der Waals surface area (Å²) in [7, 11) is 0. The van der Waals surface area contributed by atoms with Gasteiger partial charge < -0.3 is 9.47 Å². The first-order chi connectivity index (χ1) is 6.17. The third-order valence-electron chi connectivity index (χ3n) is 2.18. The lowest BCUT2D eigenvalue weighted by atomic mass is 10.1. The van der Waals surface area contributed by atoms with Gasteiger partial charge in [0.05, 0.1) is 6.61 Å². The van der Waals surface area contributed by atoms with Crippen LogP contribution in [0.15, 0.2) is 30.3 Å². The van der Waals surface area contributed by atoms with E-state index in [1.54, 1.807) is 0 Å². The zero-order valence-corrected chi connectivity index (χ0v) is 7.99. The Bertz CT molecular complexity index is 279. The van der Waals surface area contributed by atoms with Gasteiger partial charge in [0.25, 0.3) is 0 Å². The van der Waals surface area contributed by atoms with Crippen molar-refractivity contribution in [2.75, 3.05) is 6.61 Å². The van der Waals surface area contributed by atoms with E-state index in [1.165, 1.54) is 5.56 Å². The second-order valence-electron chi connectivity index (χ2n) is 3.73. The summed E-state index contributed by atoms with van der Waals surface area (Å²) < 4.78 is 11.2. The molecule has 0 aliphatic carbocycles. The molecule has 2 nitrogen and oxygen atoms in total. The lowest BCUT2D eigenvalue weighted by Gasteiger charge is -2.16. The van der Waals surface area contributed by atoms with Crippen molar-refractivity contribution in [1.82, 2.24) is 0 Å². The molecule has 1 fully saturated rings. The zero-order chi connectivity index (χ0) is 9.31. The molecular weight excluding hydrogens is 164 g/mol. The molecule has 1 aromatic carbocycles. The van der Waals surface area contributed by atoms with Gasteiger partial charge in [-0.05, 0) is 19.4 Å². The minimum atomic E-state index is -0.430. The van der Waals surface area contributed by atoms with Gasteiger partial charge in [0.1, 0.15) is 6.10 Å². The Balaban J connectivity index is 2.13. The largest absolute Gasteiger partial charge is 0.347 e. The number of hydrogen-bond donors (Lipinski definition) is 0. The van der Waals surface area contributed by atoms with E-state index in [2.05, 4.69) is 12.1 Å². The second-order valence-corrected chi connectivity index (χ2v) is 3.73. The topological polar surface area (TPSA) is 18.5 Å². The van der Waals surface area contributed by atoms with Gasteiger partial charge in [-0.25, -0.2) is 0 Å². The van der Waals surface area contributed by atoms with Gasteiger partial charge in [-0.3, -0.25) is 0 Å². The van der Waals surface area contributed by atoms with Crippen molar-refractivity contribution >= 4 is 0 Å². The molecular formula is C11H14O2. The molecule has 1 heterocycles. The molecule has 0 radical (unpaired) electrons. The lowest BCUT2D eigenvalue weighted by Crippen LogP contribution is -2.19. The van der Waals surface area contributed by atoms with E-state index in [-0.39, 0.29) is 6.10 Å². The Morgan fingerprint density at radius 1 is 1.23 bits per heavy atom. The fraction of sp³-hybridized carbons (Fsp3) is 0.455. The number of ether oxygens (including phenoxy) is 2. The van der Waals surface area contributed by atoms with Crippen LogP contribution >= 0.6 is 0 Å². The first kappa shape index (κ1) is 8.73. The molecule has 0 spiro atoms. The van der Waals surface area contributed by atoms with Crippen molar-refractivity contribution in [1.29, 1.82) is 0 Å². The van der Waals surface area contributed by atoms with Crippen LogP contribution in [-0.4, -0.2) is 12.4 Å². The van der Waals surface area contributed by atoms with Gasteiger partial charge >= 0.3 is 0 Å². The maximum atomic E-state index is 5.71. The van der Waals surface area contributed by atoms with Crippen molar-refractivity contribution in [2.45, 2.75) is 25.7 Å². The van der Waals surface area contributed by atoms with Crippen LogP contribution in [0, 0.1) is 0 Å². The van der Waals surface area contributed by atoms with E-state index in [1.807, 2.05) is 32.0 Å². The number of hydrogen-bond acceptors (Lipinski definition) is 2. The smallest absolute Gasteiger partial charge is 0.163 e. The Hall–Kier alpha value is -0.860. The molecule has 0 saturated carbocycles. The minimum Gasteiger partial charge on any atom is -0.347 e. The molecule has 1 saturated heterocycles. The number of rotatable bonds is 1. The summed E-state index contributed by atoms with van der Waals surface area (Å²) >= 11 is 0. The maximum Gasteiger partial charge on any atom is 0.163 e. The molecule has 1 aromatic rings. The van der Waals surface area contributed by atoms with Crippen LogP contribution in [0.4, 0.5) is 0 Å². The van der Waals surface area contributed by atoms with Gasteiger partial charge in [0, 0.05) is 0 Å². The normalized spacial score (nSPS) is 26.2. The monoisotopic (exact) mass is 178 g/mol. The van der Waals surface area contributed by atoms with Gasteiger partial charge in [-0.2, -0.15) is 0 Å². The van der Waals surface area contributed by atoms with Crippen LogP contribution in [0.2, 0.25) is 0 Å². The van der Waals surface area contributed by atoms with Crippen molar-refractivity contribution in [3.63, 3.8) is 0 Å². The van der Waals surface area contributed by atoms with Gasteiger partial charge in [-0.1, -0.05) is 30.3 Å². The predicted octanol–water partition coefficient (Wildman–Crippen LogP) is 2.51.